The number of hydrogen-bond donors (Lipinski definition) is 2. The second kappa shape index (κ2) is 11.7. The number of hydrogen-bond acceptors (Lipinski definition) is 6. The van der Waals surface area contributed by atoms with Gasteiger partial charge in [0.05, 0.1) is 0 Å². The number of amidine groups is 2. The minimum absolute atomic E-state index is 0.293. The van der Waals surface area contributed by atoms with Crippen LogP contribution in [0.3, 0.4) is 0 Å². The Morgan fingerprint density at radius 3 is 1.50 bits per heavy atom. The van der Waals surface area contributed by atoms with Crippen molar-refractivity contribution in [1.82, 2.24) is 9.80 Å². The molecule has 2 N–H and O–H groups in total. The van der Waals surface area contributed by atoms with Crippen LogP contribution in [0.4, 0.5) is 0 Å². The van der Waals surface area contributed by atoms with Gasteiger partial charge in [-0.25, -0.2) is 0 Å². The predicted octanol–water partition coefficient (Wildman–Crippen LogP) is 4.28. The van der Waals surface area contributed by atoms with Crippen LogP contribution in [0.2, 0.25) is 0 Å². The lowest BCUT2D eigenvalue weighted by molar-refractivity contribution is 0.470. The Labute approximate surface area is 190 Å². The molecule has 0 spiro atoms. The Balaban J connectivity index is 0.000000181. The van der Waals surface area contributed by atoms with Gasteiger partial charge in [0.25, 0.3) is 0 Å². The molecule has 2 heterocycles. The van der Waals surface area contributed by atoms with E-state index in [9.17, 15) is 10.2 Å². The average Bonchev–Trinajstić information content (AvgIpc) is 2.79. The molecule has 2 aromatic carbocycles. The Morgan fingerprint density at radius 2 is 1.12 bits per heavy atom. The van der Waals surface area contributed by atoms with Gasteiger partial charge in [-0.3, -0.25) is 9.98 Å². The molecule has 0 saturated carbocycles. The maximum atomic E-state index is 9.33. The lowest BCUT2D eigenvalue weighted by atomic mass is 10.2. The fraction of sp³-hybridized carbons (Fsp3) is 0.308. The van der Waals surface area contributed by atoms with E-state index in [2.05, 4.69) is 19.8 Å². The fourth-order valence-corrected chi connectivity index (χ4v) is 3.43. The molecule has 2 aliphatic rings. The number of phenols is 2. The monoisotopic (exact) mass is 432 g/mol. The van der Waals surface area contributed by atoms with Crippen molar-refractivity contribution in [2.75, 3.05) is 40.3 Å². The van der Waals surface area contributed by atoms with Crippen LogP contribution in [0, 0.1) is 0 Å². The Morgan fingerprint density at radius 1 is 0.688 bits per heavy atom. The van der Waals surface area contributed by atoms with Crippen molar-refractivity contribution in [1.29, 1.82) is 0 Å². The topological polar surface area (TPSA) is 71.7 Å². The second-order valence-corrected chi connectivity index (χ2v) is 7.89. The van der Waals surface area contributed by atoms with E-state index in [0.717, 1.165) is 61.8 Å². The number of aromatic hydroxyl groups is 2. The molecule has 0 aromatic heterocycles. The van der Waals surface area contributed by atoms with E-state index >= 15 is 0 Å². The molecule has 0 unspecified atom stereocenters. The SMILES string of the molecule is CN1CCCN=C1/C=C/c1cccc(O)c1.CN1CCCN=C1/C=C/c1cccc(O)c1. The third-order valence-electron chi connectivity index (χ3n) is 5.22. The molecule has 0 amide bonds. The van der Waals surface area contributed by atoms with E-state index in [-0.39, 0.29) is 0 Å². The first-order chi connectivity index (χ1) is 15.5. The van der Waals surface area contributed by atoms with Gasteiger partial charge >= 0.3 is 0 Å². The van der Waals surface area contributed by atoms with Crippen LogP contribution in [0.1, 0.15) is 24.0 Å². The van der Waals surface area contributed by atoms with Crippen molar-refractivity contribution in [3.05, 3.63) is 71.8 Å². The van der Waals surface area contributed by atoms with Gasteiger partial charge in [0.1, 0.15) is 23.2 Å². The lowest BCUT2D eigenvalue weighted by Gasteiger charge is -2.22. The van der Waals surface area contributed by atoms with Gasteiger partial charge in [0, 0.05) is 40.3 Å². The van der Waals surface area contributed by atoms with Gasteiger partial charge in [-0.2, -0.15) is 0 Å². The number of nitrogens with zero attached hydrogens (tertiary/aromatic N) is 4. The Bertz CT molecular complexity index is 929. The van der Waals surface area contributed by atoms with Crippen molar-refractivity contribution < 1.29 is 10.2 Å². The normalized spacial score (nSPS) is 16.6. The number of rotatable bonds is 4. The van der Waals surface area contributed by atoms with Crippen LogP contribution in [-0.4, -0.2) is 72.0 Å². The highest BCUT2D eigenvalue weighted by Gasteiger charge is 2.07. The summed E-state index contributed by atoms with van der Waals surface area (Å²) in [6, 6.07) is 14.4. The first-order valence-electron chi connectivity index (χ1n) is 11.0. The summed E-state index contributed by atoms with van der Waals surface area (Å²) in [4.78, 5) is 13.2. The molecular formula is C26H32N4O2. The van der Waals surface area contributed by atoms with E-state index in [1.807, 2.05) is 62.7 Å². The molecule has 2 aliphatic heterocycles. The minimum atomic E-state index is 0.293. The standard InChI is InChI=1S/2C13H16N2O/c2*1-15-9-3-8-14-13(15)7-6-11-4-2-5-12(16)10-11/h2*2,4-7,10,16H,3,8-9H2,1H3/b2*7-6+. The zero-order valence-corrected chi connectivity index (χ0v) is 18.9. The summed E-state index contributed by atoms with van der Waals surface area (Å²) in [6.45, 7) is 3.93. The summed E-state index contributed by atoms with van der Waals surface area (Å²) in [5.41, 5.74) is 1.98. The van der Waals surface area contributed by atoms with E-state index < -0.39 is 0 Å². The van der Waals surface area contributed by atoms with Gasteiger partial charge in [-0.05, 0) is 60.4 Å². The molecule has 0 saturated heterocycles. The first-order valence-corrected chi connectivity index (χ1v) is 11.0. The van der Waals surface area contributed by atoms with Gasteiger partial charge < -0.3 is 20.0 Å². The maximum Gasteiger partial charge on any atom is 0.123 e. The van der Waals surface area contributed by atoms with Gasteiger partial charge in [0.2, 0.25) is 0 Å². The van der Waals surface area contributed by atoms with Crippen molar-refractivity contribution in [3.8, 4) is 11.5 Å². The van der Waals surface area contributed by atoms with Crippen molar-refractivity contribution in [3.63, 3.8) is 0 Å². The predicted molar refractivity (Wildman–Crippen MR) is 133 cm³/mol. The van der Waals surface area contributed by atoms with E-state index in [4.69, 9.17) is 0 Å². The largest absolute Gasteiger partial charge is 0.508 e. The highest BCUT2D eigenvalue weighted by molar-refractivity contribution is 5.97. The molecule has 0 bridgehead atoms. The van der Waals surface area contributed by atoms with Crippen molar-refractivity contribution >= 4 is 23.8 Å². The summed E-state index contributed by atoms with van der Waals surface area (Å²) in [5.74, 6) is 2.60. The maximum absolute atomic E-state index is 9.33. The molecule has 2 aromatic rings. The highest BCUT2D eigenvalue weighted by Crippen LogP contribution is 2.14. The molecule has 6 heteroatoms. The number of aliphatic imine (C=N–C) groups is 2. The highest BCUT2D eigenvalue weighted by atomic mass is 16.3. The van der Waals surface area contributed by atoms with Crippen LogP contribution >= 0.6 is 0 Å². The van der Waals surface area contributed by atoms with Gasteiger partial charge in [-0.1, -0.05) is 36.4 Å². The first kappa shape index (κ1) is 23.1. The zero-order chi connectivity index (χ0) is 22.8. The van der Waals surface area contributed by atoms with Crippen molar-refractivity contribution in [2.24, 2.45) is 9.98 Å². The summed E-state index contributed by atoms with van der Waals surface area (Å²) in [7, 11) is 4.09. The molecule has 4 rings (SSSR count). The van der Waals surface area contributed by atoms with Crippen LogP contribution in [-0.2, 0) is 0 Å². The Kier molecular flexibility index (Phi) is 8.49. The second-order valence-electron chi connectivity index (χ2n) is 7.89. The quantitative estimate of drug-likeness (QED) is 0.757. The molecule has 32 heavy (non-hydrogen) atoms. The molecule has 6 nitrogen and oxygen atoms in total. The van der Waals surface area contributed by atoms with Gasteiger partial charge in [-0.15, -0.1) is 0 Å². The fourth-order valence-electron chi connectivity index (χ4n) is 3.43. The zero-order valence-electron chi connectivity index (χ0n) is 18.9. The average molecular weight is 433 g/mol. The van der Waals surface area contributed by atoms with Crippen LogP contribution < -0.4 is 0 Å². The molecular weight excluding hydrogens is 400 g/mol. The van der Waals surface area contributed by atoms with Crippen LogP contribution in [0.5, 0.6) is 11.5 Å². The van der Waals surface area contributed by atoms with E-state index in [0.29, 0.717) is 11.5 Å². The minimum Gasteiger partial charge on any atom is -0.508 e. The molecule has 0 radical (unpaired) electrons. The lowest BCUT2D eigenvalue weighted by Crippen LogP contribution is -2.30. The van der Waals surface area contributed by atoms with E-state index in [1.165, 1.54) is 0 Å². The molecule has 0 aliphatic carbocycles. The van der Waals surface area contributed by atoms with Crippen LogP contribution in [0.15, 0.2) is 70.7 Å². The van der Waals surface area contributed by atoms with Gasteiger partial charge in [0.15, 0.2) is 0 Å². The molecule has 0 atom stereocenters. The summed E-state index contributed by atoms with van der Waals surface area (Å²) >= 11 is 0. The third-order valence-corrected chi connectivity index (χ3v) is 5.22. The number of likely N-dealkylation sites (N-methyl/N-ethyl adjacent to an activating group) is 2. The molecule has 168 valence electrons. The summed E-state index contributed by atoms with van der Waals surface area (Å²) < 4.78 is 0. The molecule has 0 fully saturated rings. The smallest absolute Gasteiger partial charge is 0.123 e. The number of benzene rings is 2. The van der Waals surface area contributed by atoms with Crippen LogP contribution in [0.25, 0.3) is 12.2 Å². The third kappa shape index (κ3) is 7.30. The summed E-state index contributed by atoms with van der Waals surface area (Å²) in [6.07, 6.45) is 10.2. The summed E-state index contributed by atoms with van der Waals surface area (Å²) in [5, 5.41) is 18.7. The number of phenolic OH excluding ortho intramolecular Hbond substituents is 2. The Hall–Kier alpha value is -3.54. The van der Waals surface area contributed by atoms with E-state index in [1.54, 1.807) is 24.3 Å². The van der Waals surface area contributed by atoms with Crippen molar-refractivity contribution in [2.45, 2.75) is 12.8 Å².